The molecule has 0 bridgehead atoms. The quantitative estimate of drug-likeness (QED) is 0.535. The molecule has 2 aromatic rings. The third kappa shape index (κ3) is 4.12. The normalized spacial score (nSPS) is 15.0. The predicted molar refractivity (Wildman–Crippen MR) is 101 cm³/mol. The topological polar surface area (TPSA) is 51.0 Å². The SMILES string of the molecule is C=CCn1c(SCC(=O)N(C)C(C)c2ccccc2)nnc1C1CC1. The van der Waals surface area contributed by atoms with Crippen molar-refractivity contribution < 1.29 is 4.79 Å². The highest BCUT2D eigenvalue weighted by Crippen LogP contribution is 2.40. The first-order chi connectivity index (χ1) is 12.1. The molecule has 0 saturated heterocycles. The molecule has 1 atom stereocenters. The summed E-state index contributed by atoms with van der Waals surface area (Å²) in [6.45, 7) is 6.55. The van der Waals surface area contributed by atoms with Crippen LogP contribution in [0.5, 0.6) is 0 Å². The van der Waals surface area contributed by atoms with E-state index < -0.39 is 0 Å². The maximum Gasteiger partial charge on any atom is 0.233 e. The molecule has 0 aliphatic heterocycles. The van der Waals surface area contributed by atoms with Gasteiger partial charge >= 0.3 is 0 Å². The lowest BCUT2D eigenvalue weighted by Crippen LogP contribution is -2.31. The van der Waals surface area contributed by atoms with Gasteiger partial charge in [0.25, 0.3) is 0 Å². The van der Waals surface area contributed by atoms with E-state index in [1.54, 1.807) is 4.90 Å². The van der Waals surface area contributed by atoms with Gasteiger partial charge in [0.05, 0.1) is 11.8 Å². The summed E-state index contributed by atoms with van der Waals surface area (Å²) in [7, 11) is 1.85. The highest BCUT2D eigenvalue weighted by atomic mass is 32.2. The molecule has 1 saturated carbocycles. The molecule has 132 valence electrons. The van der Waals surface area contributed by atoms with Crippen molar-refractivity contribution in [2.75, 3.05) is 12.8 Å². The van der Waals surface area contributed by atoms with Crippen molar-refractivity contribution in [1.82, 2.24) is 19.7 Å². The van der Waals surface area contributed by atoms with Gasteiger partial charge in [-0.15, -0.1) is 16.8 Å². The van der Waals surface area contributed by atoms with E-state index in [1.807, 2.05) is 50.4 Å². The fourth-order valence-corrected chi connectivity index (χ4v) is 3.63. The first kappa shape index (κ1) is 17.7. The number of benzene rings is 1. The molecule has 25 heavy (non-hydrogen) atoms. The summed E-state index contributed by atoms with van der Waals surface area (Å²) >= 11 is 1.45. The smallest absolute Gasteiger partial charge is 0.233 e. The van der Waals surface area contributed by atoms with Gasteiger partial charge in [0.1, 0.15) is 5.82 Å². The Kier molecular flexibility index (Phi) is 5.58. The number of allylic oxidation sites excluding steroid dienone is 1. The molecule has 0 radical (unpaired) electrons. The first-order valence-corrected chi connectivity index (χ1v) is 9.57. The van der Waals surface area contributed by atoms with E-state index in [-0.39, 0.29) is 11.9 Å². The molecule has 6 heteroatoms. The van der Waals surface area contributed by atoms with Crippen LogP contribution in [-0.2, 0) is 11.3 Å². The lowest BCUT2D eigenvalue weighted by molar-refractivity contribution is -0.128. The van der Waals surface area contributed by atoms with Gasteiger partial charge < -0.3 is 9.47 Å². The van der Waals surface area contributed by atoms with Gasteiger partial charge in [-0.05, 0) is 25.3 Å². The molecule has 1 amide bonds. The molecular weight excluding hydrogens is 332 g/mol. The van der Waals surface area contributed by atoms with Crippen molar-refractivity contribution in [3.05, 3.63) is 54.4 Å². The third-order valence-electron chi connectivity index (χ3n) is 4.58. The molecule has 1 unspecified atom stereocenters. The van der Waals surface area contributed by atoms with E-state index in [4.69, 9.17) is 0 Å². The monoisotopic (exact) mass is 356 g/mol. The van der Waals surface area contributed by atoms with Crippen LogP contribution in [-0.4, -0.2) is 38.4 Å². The standard InChI is InChI=1S/C19H24N4OS/c1-4-12-23-18(16-10-11-16)20-21-19(23)25-13-17(24)22(3)14(2)15-8-6-5-7-9-15/h4-9,14,16H,1,10-13H2,2-3H3. The lowest BCUT2D eigenvalue weighted by atomic mass is 10.1. The van der Waals surface area contributed by atoms with Gasteiger partial charge in [-0.3, -0.25) is 4.79 Å². The van der Waals surface area contributed by atoms with Gasteiger partial charge in [-0.25, -0.2) is 0 Å². The molecule has 1 fully saturated rings. The first-order valence-electron chi connectivity index (χ1n) is 8.59. The predicted octanol–water partition coefficient (Wildman–Crippen LogP) is 3.65. The van der Waals surface area contributed by atoms with E-state index in [0.717, 1.165) is 16.5 Å². The van der Waals surface area contributed by atoms with Crippen molar-refractivity contribution >= 4 is 17.7 Å². The molecule has 1 aliphatic rings. The highest BCUT2D eigenvalue weighted by Gasteiger charge is 2.30. The summed E-state index contributed by atoms with van der Waals surface area (Å²) < 4.78 is 2.09. The Labute approximate surface area is 153 Å². The van der Waals surface area contributed by atoms with Crippen LogP contribution in [0.15, 0.2) is 48.1 Å². The van der Waals surface area contributed by atoms with Crippen LogP contribution in [0, 0.1) is 0 Å². The summed E-state index contributed by atoms with van der Waals surface area (Å²) in [4.78, 5) is 14.4. The van der Waals surface area contributed by atoms with Crippen LogP contribution < -0.4 is 0 Å². The number of aromatic nitrogens is 3. The van der Waals surface area contributed by atoms with Crippen molar-refractivity contribution in [1.29, 1.82) is 0 Å². The molecule has 5 nitrogen and oxygen atoms in total. The van der Waals surface area contributed by atoms with Gasteiger partial charge in [-0.2, -0.15) is 0 Å². The van der Waals surface area contributed by atoms with E-state index >= 15 is 0 Å². The Bertz CT molecular complexity index is 739. The van der Waals surface area contributed by atoms with E-state index in [9.17, 15) is 4.79 Å². The fourth-order valence-electron chi connectivity index (χ4n) is 2.75. The zero-order valence-corrected chi connectivity index (χ0v) is 15.6. The second-order valence-corrected chi connectivity index (χ2v) is 7.34. The number of hydrogen-bond donors (Lipinski definition) is 0. The maximum atomic E-state index is 12.6. The second-order valence-electron chi connectivity index (χ2n) is 6.39. The average Bonchev–Trinajstić information content (AvgIpc) is 3.41. The van der Waals surface area contributed by atoms with E-state index in [2.05, 4.69) is 21.3 Å². The summed E-state index contributed by atoms with van der Waals surface area (Å²) in [5.41, 5.74) is 1.13. The van der Waals surface area contributed by atoms with Gasteiger partial charge in [0, 0.05) is 19.5 Å². The number of thioether (sulfide) groups is 1. The Balaban J connectivity index is 1.63. The highest BCUT2D eigenvalue weighted by molar-refractivity contribution is 7.99. The average molecular weight is 356 g/mol. The molecule has 1 aromatic carbocycles. The third-order valence-corrected chi connectivity index (χ3v) is 5.53. The Morgan fingerprint density at radius 2 is 2.12 bits per heavy atom. The molecule has 0 N–H and O–H groups in total. The minimum Gasteiger partial charge on any atom is -0.338 e. The summed E-state index contributed by atoms with van der Waals surface area (Å²) in [6.07, 6.45) is 4.21. The number of amides is 1. The van der Waals surface area contributed by atoms with Gasteiger partial charge in [0.2, 0.25) is 5.91 Å². The summed E-state index contributed by atoms with van der Waals surface area (Å²) in [5, 5.41) is 9.41. The number of rotatable bonds is 8. The van der Waals surface area contributed by atoms with Crippen LogP contribution in [0.2, 0.25) is 0 Å². The van der Waals surface area contributed by atoms with Crippen LogP contribution in [0.4, 0.5) is 0 Å². The van der Waals surface area contributed by atoms with Crippen molar-refractivity contribution in [3.8, 4) is 0 Å². The maximum absolute atomic E-state index is 12.6. The number of carbonyl (C=O) groups excluding carboxylic acids is 1. The zero-order valence-electron chi connectivity index (χ0n) is 14.8. The van der Waals surface area contributed by atoms with E-state index in [0.29, 0.717) is 18.2 Å². The van der Waals surface area contributed by atoms with Crippen LogP contribution in [0.3, 0.4) is 0 Å². The minimum atomic E-state index is 0.0439. The van der Waals surface area contributed by atoms with Crippen molar-refractivity contribution in [3.63, 3.8) is 0 Å². The van der Waals surface area contributed by atoms with Crippen LogP contribution >= 0.6 is 11.8 Å². The summed E-state index contributed by atoms with van der Waals surface area (Å²) in [5.74, 6) is 2.00. The van der Waals surface area contributed by atoms with Crippen molar-refractivity contribution in [2.45, 2.75) is 43.4 Å². The zero-order chi connectivity index (χ0) is 17.8. The van der Waals surface area contributed by atoms with Crippen molar-refractivity contribution in [2.24, 2.45) is 0 Å². The Hall–Kier alpha value is -2.08. The molecule has 1 heterocycles. The van der Waals surface area contributed by atoms with Gasteiger partial charge in [0.15, 0.2) is 5.16 Å². The van der Waals surface area contributed by atoms with E-state index in [1.165, 1.54) is 24.6 Å². The molecule has 0 spiro atoms. The Morgan fingerprint density at radius 3 is 2.76 bits per heavy atom. The minimum absolute atomic E-state index is 0.0439. The number of carbonyl (C=O) groups is 1. The largest absolute Gasteiger partial charge is 0.338 e. The van der Waals surface area contributed by atoms with Gasteiger partial charge in [-0.1, -0.05) is 48.2 Å². The molecule has 3 rings (SSSR count). The lowest BCUT2D eigenvalue weighted by Gasteiger charge is -2.25. The molecule has 1 aromatic heterocycles. The number of hydrogen-bond acceptors (Lipinski definition) is 4. The Morgan fingerprint density at radius 1 is 1.40 bits per heavy atom. The summed E-state index contributed by atoms with van der Waals surface area (Å²) in [6, 6.07) is 10.1. The molecule has 1 aliphatic carbocycles. The van der Waals surface area contributed by atoms with Crippen LogP contribution in [0.1, 0.15) is 43.1 Å². The fraction of sp³-hybridized carbons (Fsp3) is 0.421. The van der Waals surface area contributed by atoms with Crippen LogP contribution in [0.25, 0.3) is 0 Å². The number of nitrogens with zero attached hydrogens (tertiary/aromatic N) is 4. The molecular formula is C19H24N4OS. The second kappa shape index (κ2) is 7.87.